The van der Waals surface area contributed by atoms with Crippen LogP contribution in [0.15, 0.2) is 48.5 Å². The van der Waals surface area contributed by atoms with Gasteiger partial charge in [0.15, 0.2) is 0 Å². The largest absolute Gasteiger partial charge is 0.396 e. The van der Waals surface area contributed by atoms with Crippen molar-refractivity contribution in [1.29, 1.82) is 5.26 Å². The summed E-state index contributed by atoms with van der Waals surface area (Å²) in [7, 11) is 0. The van der Waals surface area contributed by atoms with Crippen molar-refractivity contribution in [3.05, 3.63) is 71.0 Å². The first-order chi connectivity index (χ1) is 12.6. The van der Waals surface area contributed by atoms with Crippen LogP contribution in [-0.4, -0.2) is 40.9 Å². The first-order valence-corrected chi connectivity index (χ1v) is 8.80. The molecule has 1 aliphatic rings. The average Bonchev–Trinajstić information content (AvgIpc) is 2.66. The average molecular weight is 354 g/mol. The molecule has 0 amide bonds. The minimum Gasteiger partial charge on any atom is -0.396 e. The van der Waals surface area contributed by atoms with E-state index in [0.717, 1.165) is 11.1 Å². The molecule has 26 heavy (non-hydrogen) atoms. The second-order valence-corrected chi connectivity index (χ2v) is 7.11. The van der Waals surface area contributed by atoms with Gasteiger partial charge in [-0.2, -0.15) is 5.26 Å². The van der Waals surface area contributed by atoms with Crippen LogP contribution in [-0.2, 0) is 13.0 Å². The Kier molecular flexibility index (Phi) is 5.67. The molecule has 1 saturated heterocycles. The first kappa shape index (κ1) is 18.5. The van der Waals surface area contributed by atoms with Crippen LogP contribution >= 0.6 is 0 Å². The van der Waals surface area contributed by atoms with Crippen LogP contribution in [0.3, 0.4) is 0 Å². The summed E-state index contributed by atoms with van der Waals surface area (Å²) < 4.78 is 13.2. The Labute approximate surface area is 153 Å². The summed E-state index contributed by atoms with van der Waals surface area (Å²) in [5.41, 5.74) is 1.78. The standard InChI is InChI=1S/C21H23FN2O2/c22-19-7-5-16(6-8-19)11-21(15-25)14-24(10-9-20(21)26)13-18-4-2-1-3-17(18)12-23/h1-8,20,25-26H,9-11,13-15H2/t20-,21-/m0/s1. The predicted octanol–water partition coefficient (Wildman–Crippen LogP) is 2.49. The zero-order valence-corrected chi connectivity index (χ0v) is 14.6. The quantitative estimate of drug-likeness (QED) is 0.866. The van der Waals surface area contributed by atoms with Crippen LogP contribution in [0.25, 0.3) is 0 Å². The highest BCUT2D eigenvalue weighted by Crippen LogP contribution is 2.34. The van der Waals surface area contributed by atoms with E-state index in [0.29, 0.717) is 38.0 Å². The number of nitriles is 1. The molecule has 1 heterocycles. The van der Waals surface area contributed by atoms with E-state index >= 15 is 0 Å². The number of piperidine rings is 1. The van der Waals surface area contributed by atoms with E-state index in [1.54, 1.807) is 18.2 Å². The molecule has 1 fully saturated rings. The maximum Gasteiger partial charge on any atom is 0.123 e. The van der Waals surface area contributed by atoms with Gasteiger partial charge in [0.2, 0.25) is 0 Å². The van der Waals surface area contributed by atoms with Crippen molar-refractivity contribution in [2.75, 3.05) is 19.7 Å². The lowest BCUT2D eigenvalue weighted by atomic mass is 9.73. The number of halogens is 1. The number of rotatable bonds is 5. The van der Waals surface area contributed by atoms with Crippen molar-refractivity contribution in [2.24, 2.45) is 5.41 Å². The smallest absolute Gasteiger partial charge is 0.123 e. The van der Waals surface area contributed by atoms with E-state index in [1.165, 1.54) is 12.1 Å². The number of nitrogens with zero attached hydrogens (tertiary/aromatic N) is 2. The third-order valence-corrected chi connectivity index (χ3v) is 5.28. The van der Waals surface area contributed by atoms with Gasteiger partial charge in [-0.3, -0.25) is 4.90 Å². The molecule has 0 aromatic heterocycles. The van der Waals surface area contributed by atoms with Gasteiger partial charge >= 0.3 is 0 Å². The second kappa shape index (κ2) is 7.96. The van der Waals surface area contributed by atoms with Gasteiger partial charge in [0, 0.05) is 25.0 Å². The SMILES string of the molecule is N#Cc1ccccc1CN1CC[C@H](O)[C@@](CO)(Cc2ccc(F)cc2)C1. The maximum absolute atomic E-state index is 13.2. The van der Waals surface area contributed by atoms with Gasteiger partial charge in [-0.1, -0.05) is 30.3 Å². The van der Waals surface area contributed by atoms with Crippen LogP contribution in [0.4, 0.5) is 4.39 Å². The third-order valence-electron chi connectivity index (χ3n) is 5.28. The lowest BCUT2D eigenvalue weighted by molar-refractivity contribution is -0.0768. The van der Waals surface area contributed by atoms with Gasteiger partial charge in [-0.05, 0) is 42.2 Å². The number of benzene rings is 2. The molecule has 3 rings (SSSR count). The lowest BCUT2D eigenvalue weighted by Crippen LogP contribution is -2.54. The Morgan fingerprint density at radius 3 is 2.62 bits per heavy atom. The molecule has 0 bridgehead atoms. The fourth-order valence-corrected chi connectivity index (χ4v) is 3.78. The molecule has 0 unspecified atom stereocenters. The van der Waals surface area contributed by atoms with Crippen LogP contribution in [0, 0.1) is 22.6 Å². The molecule has 2 N–H and O–H groups in total. The molecule has 1 aliphatic heterocycles. The summed E-state index contributed by atoms with van der Waals surface area (Å²) in [4.78, 5) is 2.17. The second-order valence-electron chi connectivity index (χ2n) is 7.11. The molecule has 2 aromatic rings. The number of hydrogen-bond donors (Lipinski definition) is 2. The third kappa shape index (κ3) is 3.94. The van der Waals surface area contributed by atoms with E-state index in [4.69, 9.17) is 0 Å². The van der Waals surface area contributed by atoms with Crippen molar-refractivity contribution in [1.82, 2.24) is 4.90 Å². The minimum atomic E-state index is -0.697. The highest BCUT2D eigenvalue weighted by atomic mass is 19.1. The maximum atomic E-state index is 13.2. The van der Waals surface area contributed by atoms with E-state index in [9.17, 15) is 19.9 Å². The Morgan fingerprint density at radius 2 is 1.92 bits per heavy atom. The molecule has 0 aliphatic carbocycles. The van der Waals surface area contributed by atoms with Crippen LogP contribution in [0.2, 0.25) is 0 Å². The van der Waals surface area contributed by atoms with Crippen molar-refractivity contribution >= 4 is 0 Å². The molecule has 0 radical (unpaired) electrons. The number of hydrogen-bond acceptors (Lipinski definition) is 4. The fourth-order valence-electron chi connectivity index (χ4n) is 3.78. The topological polar surface area (TPSA) is 67.5 Å². The van der Waals surface area contributed by atoms with Gasteiger partial charge in [-0.15, -0.1) is 0 Å². The van der Waals surface area contributed by atoms with E-state index in [1.807, 2.05) is 18.2 Å². The predicted molar refractivity (Wildman–Crippen MR) is 96.7 cm³/mol. The molecular formula is C21H23FN2O2. The summed E-state index contributed by atoms with van der Waals surface area (Å²) in [5, 5.41) is 30.0. The molecular weight excluding hydrogens is 331 g/mol. The van der Waals surface area contributed by atoms with Crippen molar-refractivity contribution in [3.63, 3.8) is 0 Å². The molecule has 2 atom stereocenters. The van der Waals surface area contributed by atoms with Crippen LogP contribution < -0.4 is 0 Å². The van der Waals surface area contributed by atoms with E-state index in [-0.39, 0.29) is 12.4 Å². The summed E-state index contributed by atoms with van der Waals surface area (Å²) in [6.07, 6.45) is 0.401. The monoisotopic (exact) mass is 354 g/mol. The van der Waals surface area contributed by atoms with E-state index < -0.39 is 11.5 Å². The van der Waals surface area contributed by atoms with Crippen LogP contribution in [0.1, 0.15) is 23.1 Å². The minimum absolute atomic E-state index is 0.151. The highest BCUT2D eigenvalue weighted by Gasteiger charge is 2.42. The molecule has 136 valence electrons. The van der Waals surface area contributed by atoms with E-state index in [2.05, 4.69) is 11.0 Å². The molecule has 2 aromatic carbocycles. The Balaban J connectivity index is 1.79. The van der Waals surface area contributed by atoms with Gasteiger partial charge in [0.25, 0.3) is 0 Å². The zero-order valence-electron chi connectivity index (χ0n) is 14.6. The van der Waals surface area contributed by atoms with Crippen molar-refractivity contribution in [2.45, 2.75) is 25.5 Å². The van der Waals surface area contributed by atoms with Crippen molar-refractivity contribution < 1.29 is 14.6 Å². The molecule has 0 saturated carbocycles. The summed E-state index contributed by atoms with van der Waals surface area (Å²) in [6.45, 7) is 1.66. The Morgan fingerprint density at radius 1 is 1.19 bits per heavy atom. The Bertz CT molecular complexity index is 787. The van der Waals surface area contributed by atoms with Gasteiger partial charge in [0.05, 0.1) is 24.3 Å². The molecule has 0 spiro atoms. The number of aliphatic hydroxyl groups excluding tert-OH is 2. The summed E-state index contributed by atoms with van der Waals surface area (Å²) in [5.74, 6) is -0.300. The first-order valence-electron chi connectivity index (χ1n) is 8.80. The number of aliphatic hydroxyl groups is 2. The molecule has 5 heteroatoms. The molecule has 4 nitrogen and oxygen atoms in total. The fraction of sp³-hybridized carbons (Fsp3) is 0.381. The number of likely N-dealkylation sites (tertiary alicyclic amines) is 1. The zero-order chi connectivity index (χ0) is 18.6. The normalized spacial score (nSPS) is 23.5. The van der Waals surface area contributed by atoms with Gasteiger partial charge in [0.1, 0.15) is 5.82 Å². The summed E-state index contributed by atoms with van der Waals surface area (Å²) in [6, 6.07) is 15.9. The highest BCUT2D eigenvalue weighted by molar-refractivity contribution is 5.37. The van der Waals surface area contributed by atoms with Crippen LogP contribution in [0.5, 0.6) is 0 Å². The van der Waals surface area contributed by atoms with Gasteiger partial charge < -0.3 is 10.2 Å². The summed E-state index contributed by atoms with van der Waals surface area (Å²) >= 11 is 0. The van der Waals surface area contributed by atoms with Gasteiger partial charge in [-0.25, -0.2) is 4.39 Å². The lowest BCUT2D eigenvalue weighted by Gasteiger charge is -2.45. The Hall–Kier alpha value is -2.26. The van der Waals surface area contributed by atoms with Crippen molar-refractivity contribution in [3.8, 4) is 6.07 Å².